The molecule has 0 saturated carbocycles. The molecule has 13 heteroatoms. The van der Waals surface area contributed by atoms with E-state index >= 15 is 0 Å². The van der Waals surface area contributed by atoms with Crippen molar-refractivity contribution in [3.8, 4) is 0 Å². The quantitative estimate of drug-likeness (QED) is 0.204. The van der Waals surface area contributed by atoms with E-state index in [1.54, 1.807) is 0 Å². The number of thioether (sulfide) groups is 1. The maximum Gasteiger partial charge on any atom is 0.326 e. The topological polar surface area (TPSA) is 191 Å². The molecule has 33 heavy (non-hydrogen) atoms. The van der Waals surface area contributed by atoms with Crippen LogP contribution in [0.25, 0.3) is 0 Å². The summed E-state index contributed by atoms with van der Waals surface area (Å²) in [7, 11) is 0. The van der Waals surface area contributed by atoms with E-state index in [1.807, 2.05) is 6.26 Å². The van der Waals surface area contributed by atoms with Gasteiger partial charge in [-0.1, -0.05) is 0 Å². The van der Waals surface area contributed by atoms with Crippen molar-refractivity contribution >= 4 is 35.5 Å². The maximum atomic E-state index is 13.1. The van der Waals surface area contributed by atoms with Crippen LogP contribution in [0.4, 0.5) is 0 Å². The molecule has 5 atom stereocenters. The number of amides is 3. The van der Waals surface area contributed by atoms with Crippen LogP contribution < -0.4 is 16.4 Å². The lowest BCUT2D eigenvalue weighted by Crippen LogP contribution is -2.59. The minimum Gasteiger partial charge on any atom is -0.480 e. The molecule has 1 aromatic heterocycles. The van der Waals surface area contributed by atoms with Gasteiger partial charge in [0.15, 0.2) is 0 Å². The van der Waals surface area contributed by atoms with Crippen molar-refractivity contribution in [2.45, 2.75) is 62.9 Å². The van der Waals surface area contributed by atoms with Gasteiger partial charge in [0, 0.05) is 24.9 Å². The first-order chi connectivity index (χ1) is 15.6. The molecule has 1 aromatic rings. The van der Waals surface area contributed by atoms with Crippen LogP contribution in [0.15, 0.2) is 12.5 Å². The number of carboxylic acids is 1. The standard InChI is InChI=1S/C20H32N6O6S/c1-11(27)16(25-17(28)13(21)5-7-33-2)19(30)26-6-3-4-15(26)18(29)24-14(20(31)32)8-12-9-22-10-23-12/h9-11,13-16,27H,3-8,21H2,1-2H3,(H,22,23)(H,24,29)(H,25,28)(H,31,32). The Morgan fingerprint density at radius 1 is 1.36 bits per heavy atom. The lowest BCUT2D eigenvalue weighted by molar-refractivity contribution is -0.146. The van der Waals surface area contributed by atoms with Gasteiger partial charge in [-0.05, 0) is 38.2 Å². The number of H-pyrrole nitrogens is 1. The highest BCUT2D eigenvalue weighted by atomic mass is 32.2. The van der Waals surface area contributed by atoms with Gasteiger partial charge < -0.3 is 36.5 Å². The molecule has 1 saturated heterocycles. The molecular formula is C20H32N6O6S. The predicted molar refractivity (Wildman–Crippen MR) is 121 cm³/mol. The molecule has 2 heterocycles. The first-order valence-corrected chi connectivity index (χ1v) is 12.1. The van der Waals surface area contributed by atoms with Gasteiger partial charge in [-0.25, -0.2) is 9.78 Å². The fourth-order valence-corrected chi connectivity index (χ4v) is 4.08. The van der Waals surface area contributed by atoms with Crippen molar-refractivity contribution in [3.63, 3.8) is 0 Å². The molecule has 2 rings (SSSR count). The van der Waals surface area contributed by atoms with E-state index < -0.39 is 54.0 Å². The zero-order valence-electron chi connectivity index (χ0n) is 18.7. The summed E-state index contributed by atoms with van der Waals surface area (Å²) in [6, 6.07) is -4.23. The Hall–Kier alpha value is -2.64. The third kappa shape index (κ3) is 7.44. The number of aromatic amines is 1. The Morgan fingerprint density at radius 3 is 2.67 bits per heavy atom. The SMILES string of the molecule is CSCCC(N)C(=O)NC(C(=O)N1CCCC1C(=O)NC(Cc1cnc[nH]1)C(=O)O)C(C)O. The average Bonchev–Trinajstić information content (AvgIpc) is 3.46. The fourth-order valence-electron chi connectivity index (χ4n) is 3.59. The number of aliphatic carboxylic acids is 1. The van der Waals surface area contributed by atoms with Crippen LogP contribution >= 0.6 is 11.8 Å². The predicted octanol–water partition coefficient (Wildman–Crippen LogP) is -1.54. The Kier molecular flexibility index (Phi) is 10.1. The van der Waals surface area contributed by atoms with Gasteiger partial charge in [-0.15, -0.1) is 0 Å². The van der Waals surface area contributed by atoms with E-state index in [0.29, 0.717) is 30.7 Å². The summed E-state index contributed by atoms with van der Waals surface area (Å²) < 4.78 is 0. The third-order valence-corrected chi connectivity index (χ3v) is 6.09. The Morgan fingerprint density at radius 2 is 2.09 bits per heavy atom. The minimum absolute atomic E-state index is 0.00201. The second-order valence-corrected chi connectivity index (χ2v) is 8.97. The average molecular weight is 485 g/mol. The molecule has 0 aromatic carbocycles. The number of carboxylic acid groups (broad SMARTS) is 1. The lowest BCUT2D eigenvalue weighted by Gasteiger charge is -2.31. The van der Waals surface area contributed by atoms with Crippen LogP contribution in [0.3, 0.4) is 0 Å². The van der Waals surface area contributed by atoms with Crippen LogP contribution in [0.2, 0.25) is 0 Å². The van der Waals surface area contributed by atoms with Gasteiger partial charge in [0.1, 0.15) is 18.1 Å². The third-order valence-electron chi connectivity index (χ3n) is 5.45. The van der Waals surface area contributed by atoms with Crippen molar-refractivity contribution in [3.05, 3.63) is 18.2 Å². The number of nitrogens with one attached hydrogen (secondary N) is 3. The molecule has 3 amide bonds. The summed E-state index contributed by atoms with van der Waals surface area (Å²) >= 11 is 1.53. The molecule has 0 spiro atoms. The Labute approximate surface area is 196 Å². The number of aliphatic hydroxyl groups excluding tert-OH is 1. The van der Waals surface area contributed by atoms with Gasteiger partial charge in [-0.3, -0.25) is 14.4 Å². The van der Waals surface area contributed by atoms with Crippen molar-refractivity contribution in [1.29, 1.82) is 0 Å². The monoisotopic (exact) mass is 484 g/mol. The number of nitrogens with zero attached hydrogens (tertiary/aromatic N) is 2. The first-order valence-electron chi connectivity index (χ1n) is 10.7. The highest BCUT2D eigenvalue weighted by Crippen LogP contribution is 2.20. The van der Waals surface area contributed by atoms with Crippen LogP contribution in [-0.4, -0.2) is 97.6 Å². The van der Waals surface area contributed by atoms with Crippen LogP contribution in [0.5, 0.6) is 0 Å². The number of likely N-dealkylation sites (tertiary alicyclic amines) is 1. The number of hydrogen-bond donors (Lipinski definition) is 6. The van der Waals surface area contributed by atoms with E-state index in [9.17, 15) is 29.4 Å². The summed E-state index contributed by atoms with van der Waals surface area (Å²) in [5.41, 5.74) is 6.40. The molecule has 0 bridgehead atoms. The minimum atomic E-state index is -1.27. The molecule has 0 radical (unpaired) electrons. The van der Waals surface area contributed by atoms with E-state index in [-0.39, 0.29) is 13.0 Å². The maximum absolute atomic E-state index is 13.1. The van der Waals surface area contributed by atoms with Gasteiger partial charge in [0.05, 0.1) is 18.5 Å². The highest BCUT2D eigenvalue weighted by molar-refractivity contribution is 7.98. The van der Waals surface area contributed by atoms with E-state index in [1.165, 1.54) is 36.1 Å². The zero-order valence-corrected chi connectivity index (χ0v) is 19.5. The van der Waals surface area contributed by atoms with Gasteiger partial charge >= 0.3 is 5.97 Å². The van der Waals surface area contributed by atoms with Crippen LogP contribution in [0.1, 0.15) is 31.9 Å². The molecule has 1 fully saturated rings. The normalized spacial score (nSPS) is 19.4. The van der Waals surface area contributed by atoms with Crippen molar-refractivity contribution in [2.75, 3.05) is 18.6 Å². The van der Waals surface area contributed by atoms with Crippen molar-refractivity contribution < 1.29 is 29.4 Å². The summed E-state index contributed by atoms with van der Waals surface area (Å²) in [5.74, 6) is -2.34. The Bertz CT molecular complexity index is 820. The number of carbonyl (C=O) groups is 4. The largest absolute Gasteiger partial charge is 0.480 e. The molecule has 5 unspecified atom stereocenters. The summed E-state index contributed by atoms with van der Waals surface area (Å²) in [6.07, 6.45) is 4.81. The lowest BCUT2D eigenvalue weighted by atomic mass is 10.1. The highest BCUT2D eigenvalue weighted by Gasteiger charge is 2.40. The molecule has 184 valence electrons. The van der Waals surface area contributed by atoms with Gasteiger partial charge in [0.2, 0.25) is 17.7 Å². The molecule has 0 aliphatic carbocycles. The smallest absolute Gasteiger partial charge is 0.326 e. The number of aliphatic hydroxyl groups is 1. The van der Waals surface area contributed by atoms with E-state index in [2.05, 4.69) is 20.6 Å². The summed E-state index contributed by atoms with van der Waals surface area (Å²) in [4.78, 5) is 57.9. The molecular weight excluding hydrogens is 452 g/mol. The second kappa shape index (κ2) is 12.6. The number of rotatable bonds is 12. The Balaban J connectivity index is 2.07. The number of imidazole rings is 1. The number of nitrogens with two attached hydrogens (primary N) is 1. The number of hydrogen-bond acceptors (Lipinski definition) is 8. The van der Waals surface area contributed by atoms with Crippen molar-refractivity contribution in [2.24, 2.45) is 5.73 Å². The molecule has 1 aliphatic rings. The number of aromatic nitrogens is 2. The van der Waals surface area contributed by atoms with Gasteiger partial charge in [-0.2, -0.15) is 11.8 Å². The van der Waals surface area contributed by atoms with E-state index in [4.69, 9.17) is 5.73 Å². The molecule has 1 aliphatic heterocycles. The zero-order chi connectivity index (χ0) is 24.5. The molecule has 7 N–H and O–H groups in total. The van der Waals surface area contributed by atoms with Crippen LogP contribution in [-0.2, 0) is 25.6 Å². The second-order valence-electron chi connectivity index (χ2n) is 7.98. The summed E-state index contributed by atoms with van der Waals surface area (Å²) in [6.45, 7) is 1.61. The van der Waals surface area contributed by atoms with Crippen LogP contribution in [0, 0.1) is 0 Å². The first kappa shape index (κ1) is 26.6. The summed E-state index contributed by atoms with van der Waals surface area (Å²) in [5, 5.41) is 24.6. The number of carbonyl (C=O) groups excluding carboxylic acids is 3. The van der Waals surface area contributed by atoms with Crippen molar-refractivity contribution in [1.82, 2.24) is 25.5 Å². The van der Waals surface area contributed by atoms with Gasteiger partial charge in [0.25, 0.3) is 0 Å². The van der Waals surface area contributed by atoms with E-state index in [0.717, 1.165) is 0 Å². The fraction of sp³-hybridized carbons (Fsp3) is 0.650. The molecule has 12 nitrogen and oxygen atoms in total.